The van der Waals surface area contributed by atoms with Crippen molar-refractivity contribution in [2.45, 2.75) is 6.54 Å². The summed E-state index contributed by atoms with van der Waals surface area (Å²) in [5.41, 5.74) is 1.30. The SMILES string of the molecule is COc1ccc(OCC(=O)N2CCN(Cc3ccccc3)CC2)cc1OC. The maximum atomic E-state index is 12.4. The van der Waals surface area contributed by atoms with E-state index in [-0.39, 0.29) is 12.5 Å². The first-order chi connectivity index (χ1) is 13.2. The van der Waals surface area contributed by atoms with E-state index in [2.05, 4.69) is 29.2 Å². The number of benzene rings is 2. The number of carbonyl (C=O) groups is 1. The number of rotatable bonds is 7. The van der Waals surface area contributed by atoms with E-state index in [1.165, 1.54) is 5.56 Å². The largest absolute Gasteiger partial charge is 0.493 e. The molecule has 6 nitrogen and oxygen atoms in total. The third kappa shape index (κ3) is 5.14. The lowest BCUT2D eigenvalue weighted by Crippen LogP contribution is -2.49. The standard InChI is InChI=1S/C21H26N2O4/c1-25-19-9-8-18(14-20(19)26-2)27-16-21(24)23-12-10-22(11-13-23)15-17-6-4-3-5-7-17/h3-9,14H,10-13,15-16H2,1-2H3. The van der Waals surface area contributed by atoms with Crippen LogP contribution in [0.15, 0.2) is 48.5 Å². The second kappa shape index (κ2) is 9.28. The van der Waals surface area contributed by atoms with E-state index in [4.69, 9.17) is 14.2 Å². The molecule has 0 radical (unpaired) electrons. The normalized spacial score (nSPS) is 14.7. The van der Waals surface area contributed by atoms with Gasteiger partial charge < -0.3 is 19.1 Å². The highest BCUT2D eigenvalue weighted by atomic mass is 16.5. The lowest BCUT2D eigenvalue weighted by molar-refractivity contribution is -0.135. The summed E-state index contributed by atoms with van der Waals surface area (Å²) in [5, 5.41) is 0. The number of carbonyl (C=O) groups excluding carboxylic acids is 1. The zero-order chi connectivity index (χ0) is 19.1. The van der Waals surface area contributed by atoms with Crippen molar-refractivity contribution < 1.29 is 19.0 Å². The Bertz CT molecular complexity index is 743. The molecule has 6 heteroatoms. The lowest BCUT2D eigenvalue weighted by atomic mass is 10.2. The average Bonchev–Trinajstić information content (AvgIpc) is 2.73. The minimum atomic E-state index is 0.00384. The number of piperazine rings is 1. The Balaban J connectivity index is 1.46. The van der Waals surface area contributed by atoms with Crippen LogP contribution in [-0.2, 0) is 11.3 Å². The van der Waals surface area contributed by atoms with Crippen LogP contribution in [0.3, 0.4) is 0 Å². The molecule has 27 heavy (non-hydrogen) atoms. The van der Waals surface area contributed by atoms with Crippen LogP contribution in [-0.4, -0.2) is 62.7 Å². The van der Waals surface area contributed by atoms with Gasteiger partial charge in [-0.05, 0) is 17.7 Å². The molecule has 2 aromatic carbocycles. The minimum Gasteiger partial charge on any atom is -0.493 e. The third-order valence-corrected chi connectivity index (χ3v) is 4.69. The number of ether oxygens (including phenoxy) is 3. The third-order valence-electron chi connectivity index (χ3n) is 4.69. The molecule has 1 heterocycles. The fourth-order valence-electron chi connectivity index (χ4n) is 3.14. The molecule has 3 rings (SSSR count). The Morgan fingerprint density at radius 2 is 1.63 bits per heavy atom. The summed E-state index contributed by atoms with van der Waals surface area (Å²) in [6.07, 6.45) is 0. The van der Waals surface area contributed by atoms with Gasteiger partial charge in [0.1, 0.15) is 5.75 Å². The van der Waals surface area contributed by atoms with Crippen molar-refractivity contribution in [1.29, 1.82) is 0 Å². The first-order valence-electron chi connectivity index (χ1n) is 9.08. The minimum absolute atomic E-state index is 0.00384. The molecule has 1 aliphatic heterocycles. The summed E-state index contributed by atoms with van der Waals surface area (Å²) in [4.78, 5) is 16.7. The highest BCUT2D eigenvalue weighted by Gasteiger charge is 2.21. The van der Waals surface area contributed by atoms with E-state index in [0.29, 0.717) is 17.2 Å². The van der Waals surface area contributed by atoms with Crippen molar-refractivity contribution in [3.8, 4) is 17.2 Å². The predicted molar refractivity (Wildman–Crippen MR) is 103 cm³/mol. The molecular weight excluding hydrogens is 344 g/mol. The number of hydrogen-bond donors (Lipinski definition) is 0. The van der Waals surface area contributed by atoms with Crippen molar-refractivity contribution in [3.05, 3.63) is 54.1 Å². The van der Waals surface area contributed by atoms with E-state index < -0.39 is 0 Å². The van der Waals surface area contributed by atoms with Gasteiger partial charge in [0.25, 0.3) is 5.91 Å². The van der Waals surface area contributed by atoms with Crippen molar-refractivity contribution in [3.63, 3.8) is 0 Å². The molecule has 0 atom stereocenters. The fraction of sp³-hybridized carbons (Fsp3) is 0.381. The highest BCUT2D eigenvalue weighted by Crippen LogP contribution is 2.30. The van der Waals surface area contributed by atoms with E-state index in [0.717, 1.165) is 32.7 Å². The molecular formula is C21H26N2O4. The molecule has 1 amide bonds. The van der Waals surface area contributed by atoms with Gasteiger partial charge in [0, 0.05) is 38.8 Å². The Hall–Kier alpha value is -2.73. The van der Waals surface area contributed by atoms with Crippen LogP contribution in [0.4, 0.5) is 0 Å². The smallest absolute Gasteiger partial charge is 0.260 e. The van der Waals surface area contributed by atoms with Crippen LogP contribution in [0, 0.1) is 0 Å². The zero-order valence-electron chi connectivity index (χ0n) is 15.9. The van der Waals surface area contributed by atoms with Crippen LogP contribution in [0.2, 0.25) is 0 Å². The molecule has 0 unspecified atom stereocenters. The average molecular weight is 370 g/mol. The quantitative estimate of drug-likeness (QED) is 0.749. The summed E-state index contributed by atoms with van der Waals surface area (Å²) in [6, 6.07) is 15.7. The molecule has 0 spiro atoms. The second-order valence-electron chi connectivity index (χ2n) is 6.45. The summed E-state index contributed by atoms with van der Waals surface area (Å²) in [6.45, 7) is 4.13. The van der Waals surface area contributed by atoms with Gasteiger partial charge in [-0.1, -0.05) is 30.3 Å². The van der Waals surface area contributed by atoms with Crippen LogP contribution in [0.5, 0.6) is 17.2 Å². The van der Waals surface area contributed by atoms with Crippen LogP contribution < -0.4 is 14.2 Å². The second-order valence-corrected chi connectivity index (χ2v) is 6.45. The van der Waals surface area contributed by atoms with Crippen molar-refractivity contribution in [2.75, 3.05) is 47.0 Å². The molecule has 144 valence electrons. The predicted octanol–water partition coefficient (Wildman–Crippen LogP) is 2.43. The van der Waals surface area contributed by atoms with Crippen molar-refractivity contribution >= 4 is 5.91 Å². The first-order valence-corrected chi connectivity index (χ1v) is 9.08. The highest BCUT2D eigenvalue weighted by molar-refractivity contribution is 5.78. The van der Waals surface area contributed by atoms with Gasteiger partial charge in [0.05, 0.1) is 14.2 Å². The van der Waals surface area contributed by atoms with E-state index in [1.807, 2.05) is 11.0 Å². The molecule has 0 aliphatic carbocycles. The van der Waals surface area contributed by atoms with Crippen LogP contribution in [0.25, 0.3) is 0 Å². The van der Waals surface area contributed by atoms with Gasteiger partial charge in [-0.25, -0.2) is 0 Å². The number of amides is 1. The Morgan fingerprint density at radius 1 is 0.926 bits per heavy atom. The van der Waals surface area contributed by atoms with Gasteiger partial charge in [-0.2, -0.15) is 0 Å². The summed E-state index contributed by atoms with van der Waals surface area (Å²) in [7, 11) is 3.15. The Labute approximate surface area is 160 Å². The summed E-state index contributed by atoms with van der Waals surface area (Å²) >= 11 is 0. The van der Waals surface area contributed by atoms with Gasteiger partial charge in [0.2, 0.25) is 0 Å². The molecule has 1 aliphatic rings. The Morgan fingerprint density at radius 3 is 2.30 bits per heavy atom. The summed E-state index contributed by atoms with van der Waals surface area (Å²) in [5.74, 6) is 1.80. The van der Waals surface area contributed by atoms with Crippen molar-refractivity contribution in [2.24, 2.45) is 0 Å². The summed E-state index contributed by atoms with van der Waals surface area (Å²) < 4.78 is 16.1. The molecule has 1 fully saturated rings. The van der Waals surface area contributed by atoms with Gasteiger partial charge in [0.15, 0.2) is 18.1 Å². The van der Waals surface area contributed by atoms with Crippen LogP contribution in [0.1, 0.15) is 5.56 Å². The number of nitrogens with zero attached hydrogens (tertiary/aromatic N) is 2. The van der Waals surface area contributed by atoms with E-state index >= 15 is 0 Å². The van der Waals surface area contributed by atoms with Crippen LogP contribution >= 0.6 is 0 Å². The maximum absolute atomic E-state index is 12.4. The first kappa shape index (κ1) is 19.0. The molecule has 0 saturated carbocycles. The topological polar surface area (TPSA) is 51.2 Å². The fourth-order valence-corrected chi connectivity index (χ4v) is 3.14. The monoisotopic (exact) mass is 370 g/mol. The molecule has 0 N–H and O–H groups in total. The lowest BCUT2D eigenvalue weighted by Gasteiger charge is -2.34. The Kier molecular flexibility index (Phi) is 6.54. The van der Waals surface area contributed by atoms with E-state index in [1.54, 1.807) is 32.4 Å². The van der Waals surface area contributed by atoms with Gasteiger partial charge >= 0.3 is 0 Å². The van der Waals surface area contributed by atoms with Crippen molar-refractivity contribution in [1.82, 2.24) is 9.80 Å². The molecule has 0 bridgehead atoms. The molecule has 2 aromatic rings. The van der Waals surface area contributed by atoms with Gasteiger partial charge in [-0.3, -0.25) is 9.69 Å². The number of methoxy groups -OCH3 is 2. The maximum Gasteiger partial charge on any atom is 0.260 e. The number of hydrogen-bond acceptors (Lipinski definition) is 5. The zero-order valence-corrected chi connectivity index (χ0v) is 15.9. The molecule has 0 aromatic heterocycles. The van der Waals surface area contributed by atoms with E-state index in [9.17, 15) is 4.79 Å². The van der Waals surface area contributed by atoms with Gasteiger partial charge in [-0.15, -0.1) is 0 Å². The molecule has 1 saturated heterocycles.